The van der Waals surface area contributed by atoms with Gasteiger partial charge in [-0.05, 0) is 19.4 Å². The molecule has 1 atom stereocenters. The molecule has 66 valence electrons. The summed E-state index contributed by atoms with van der Waals surface area (Å²) in [4.78, 5) is 0. The quantitative estimate of drug-likeness (QED) is 0.550. The summed E-state index contributed by atoms with van der Waals surface area (Å²) in [5.41, 5.74) is 2.45. The van der Waals surface area contributed by atoms with E-state index in [1.165, 1.54) is 5.57 Å². The fraction of sp³-hybridized carbons (Fsp3) is 0.333. The van der Waals surface area contributed by atoms with E-state index in [-0.39, 0.29) is 0 Å². The van der Waals surface area contributed by atoms with Gasteiger partial charge < -0.3 is 0 Å². The predicted molar refractivity (Wildman–Crippen MR) is 57.1 cm³/mol. The molecule has 0 aliphatic carbocycles. The lowest BCUT2D eigenvalue weighted by Gasteiger charge is -2.11. The third-order valence-electron chi connectivity index (χ3n) is 2.00. The Balaban J connectivity index is 4.38. The van der Waals surface area contributed by atoms with Crippen molar-refractivity contribution in [1.29, 1.82) is 0 Å². The highest BCUT2D eigenvalue weighted by atomic mass is 14.1. The standard InChI is InChI=1S/C12H18/c1-6-8-10(3)12(5)11(4)9-7-2/h6-9,12H,1,4H2,2-3,5H3/b9-7-,10-8+. The van der Waals surface area contributed by atoms with E-state index in [1.54, 1.807) is 0 Å². The molecule has 0 aliphatic heterocycles. The van der Waals surface area contributed by atoms with Crippen molar-refractivity contribution >= 4 is 0 Å². The first-order valence-corrected chi connectivity index (χ1v) is 4.24. The van der Waals surface area contributed by atoms with Crippen molar-refractivity contribution in [3.05, 3.63) is 48.6 Å². The fourth-order valence-electron chi connectivity index (χ4n) is 0.981. The van der Waals surface area contributed by atoms with Crippen LogP contribution >= 0.6 is 0 Å². The lowest BCUT2D eigenvalue weighted by molar-refractivity contribution is 0.826. The van der Waals surface area contributed by atoms with Crippen molar-refractivity contribution in [2.24, 2.45) is 5.92 Å². The minimum absolute atomic E-state index is 0.416. The van der Waals surface area contributed by atoms with Gasteiger partial charge in [0.15, 0.2) is 0 Å². The average Bonchev–Trinajstić information content (AvgIpc) is 2.04. The van der Waals surface area contributed by atoms with E-state index in [9.17, 15) is 0 Å². The van der Waals surface area contributed by atoms with E-state index in [0.717, 1.165) is 5.57 Å². The number of rotatable bonds is 4. The van der Waals surface area contributed by atoms with Crippen molar-refractivity contribution in [2.45, 2.75) is 20.8 Å². The second-order valence-electron chi connectivity index (χ2n) is 2.94. The zero-order valence-corrected chi connectivity index (χ0v) is 8.30. The molecule has 0 heterocycles. The van der Waals surface area contributed by atoms with Gasteiger partial charge in [-0.3, -0.25) is 0 Å². The molecule has 1 unspecified atom stereocenters. The monoisotopic (exact) mass is 162 g/mol. The lowest BCUT2D eigenvalue weighted by atomic mass is 9.94. The number of allylic oxidation sites excluding steroid dienone is 6. The summed E-state index contributed by atoms with van der Waals surface area (Å²) in [6.07, 6.45) is 7.90. The minimum atomic E-state index is 0.416. The average molecular weight is 162 g/mol. The molecule has 0 saturated carbocycles. The highest BCUT2D eigenvalue weighted by molar-refractivity contribution is 5.26. The normalized spacial score (nSPS) is 14.8. The Morgan fingerprint density at radius 3 is 2.42 bits per heavy atom. The van der Waals surface area contributed by atoms with Crippen molar-refractivity contribution < 1.29 is 0 Å². The Morgan fingerprint density at radius 2 is 2.00 bits per heavy atom. The van der Waals surface area contributed by atoms with Crippen LogP contribution in [0.15, 0.2) is 48.6 Å². The van der Waals surface area contributed by atoms with Gasteiger partial charge in [-0.15, -0.1) is 0 Å². The van der Waals surface area contributed by atoms with Gasteiger partial charge >= 0.3 is 0 Å². The maximum Gasteiger partial charge on any atom is 0.00141 e. The summed E-state index contributed by atoms with van der Waals surface area (Å²) in [7, 11) is 0. The smallest absolute Gasteiger partial charge is 0.00141 e. The van der Waals surface area contributed by atoms with Crippen LogP contribution in [-0.4, -0.2) is 0 Å². The molecule has 12 heavy (non-hydrogen) atoms. The van der Waals surface area contributed by atoms with Crippen LogP contribution in [0.5, 0.6) is 0 Å². The molecular weight excluding hydrogens is 144 g/mol. The van der Waals surface area contributed by atoms with E-state index in [4.69, 9.17) is 0 Å². The third kappa shape index (κ3) is 3.38. The summed E-state index contributed by atoms with van der Waals surface area (Å²) >= 11 is 0. The Kier molecular flexibility index (Phi) is 5.11. The Hall–Kier alpha value is -1.04. The molecule has 0 spiro atoms. The van der Waals surface area contributed by atoms with Crippen LogP contribution in [0.25, 0.3) is 0 Å². The summed E-state index contributed by atoms with van der Waals surface area (Å²) in [5, 5.41) is 0. The van der Waals surface area contributed by atoms with Gasteiger partial charge in [-0.1, -0.05) is 50.0 Å². The predicted octanol–water partition coefficient (Wildman–Crippen LogP) is 3.89. The highest BCUT2D eigenvalue weighted by Crippen LogP contribution is 2.18. The molecule has 0 N–H and O–H groups in total. The Morgan fingerprint density at radius 1 is 1.42 bits per heavy atom. The first-order valence-electron chi connectivity index (χ1n) is 4.24. The van der Waals surface area contributed by atoms with E-state index < -0.39 is 0 Å². The van der Waals surface area contributed by atoms with E-state index in [1.807, 2.05) is 31.2 Å². The van der Waals surface area contributed by atoms with E-state index in [2.05, 4.69) is 27.0 Å². The first kappa shape index (κ1) is 11.0. The molecule has 0 aromatic carbocycles. The maximum absolute atomic E-state index is 3.99. The molecule has 0 aliphatic rings. The van der Waals surface area contributed by atoms with Gasteiger partial charge in [0.2, 0.25) is 0 Å². The van der Waals surface area contributed by atoms with Crippen molar-refractivity contribution in [1.82, 2.24) is 0 Å². The zero-order chi connectivity index (χ0) is 9.56. The van der Waals surface area contributed by atoms with Crippen LogP contribution in [0, 0.1) is 5.92 Å². The van der Waals surface area contributed by atoms with Crippen molar-refractivity contribution in [3.8, 4) is 0 Å². The molecular formula is C12H18. The second kappa shape index (κ2) is 5.59. The molecule has 0 bridgehead atoms. The molecule has 0 amide bonds. The maximum atomic E-state index is 3.99. The van der Waals surface area contributed by atoms with Crippen molar-refractivity contribution in [3.63, 3.8) is 0 Å². The van der Waals surface area contributed by atoms with Crippen molar-refractivity contribution in [2.75, 3.05) is 0 Å². The van der Waals surface area contributed by atoms with Gasteiger partial charge in [0.1, 0.15) is 0 Å². The van der Waals surface area contributed by atoms with Gasteiger partial charge in [-0.25, -0.2) is 0 Å². The fourth-order valence-corrected chi connectivity index (χ4v) is 0.981. The van der Waals surface area contributed by atoms with Crippen LogP contribution in [0.2, 0.25) is 0 Å². The summed E-state index contributed by atoms with van der Waals surface area (Å²) < 4.78 is 0. The minimum Gasteiger partial charge on any atom is -0.0991 e. The van der Waals surface area contributed by atoms with Gasteiger partial charge in [0.05, 0.1) is 0 Å². The van der Waals surface area contributed by atoms with Crippen LogP contribution in [-0.2, 0) is 0 Å². The SMILES string of the molecule is C=C/C=C(\C)C(C)C(=C)/C=C\C. The van der Waals surface area contributed by atoms with Gasteiger partial charge in [-0.2, -0.15) is 0 Å². The Bertz CT molecular complexity index is 216. The second-order valence-corrected chi connectivity index (χ2v) is 2.94. The summed E-state index contributed by atoms with van der Waals surface area (Å²) in [6, 6.07) is 0. The largest absolute Gasteiger partial charge is 0.0991 e. The summed E-state index contributed by atoms with van der Waals surface area (Å²) in [6.45, 7) is 13.9. The van der Waals surface area contributed by atoms with Gasteiger partial charge in [0.25, 0.3) is 0 Å². The molecule has 0 saturated heterocycles. The first-order chi connectivity index (χ1) is 5.63. The molecule has 0 nitrogen and oxygen atoms in total. The molecule has 0 aromatic heterocycles. The molecule has 0 fully saturated rings. The Labute approximate surface area is 76.0 Å². The van der Waals surface area contributed by atoms with Crippen LogP contribution in [0.3, 0.4) is 0 Å². The van der Waals surface area contributed by atoms with Crippen LogP contribution in [0.4, 0.5) is 0 Å². The molecule has 0 rings (SSSR count). The van der Waals surface area contributed by atoms with E-state index >= 15 is 0 Å². The van der Waals surface area contributed by atoms with E-state index in [0.29, 0.717) is 5.92 Å². The molecule has 0 radical (unpaired) electrons. The number of hydrogen-bond acceptors (Lipinski definition) is 0. The number of hydrogen-bond donors (Lipinski definition) is 0. The highest BCUT2D eigenvalue weighted by Gasteiger charge is 2.04. The molecule has 0 heteroatoms. The summed E-state index contributed by atoms with van der Waals surface area (Å²) in [5.74, 6) is 0.416. The van der Waals surface area contributed by atoms with Crippen LogP contribution in [0.1, 0.15) is 20.8 Å². The topological polar surface area (TPSA) is 0 Å². The lowest BCUT2D eigenvalue weighted by Crippen LogP contribution is -1.97. The van der Waals surface area contributed by atoms with Crippen LogP contribution < -0.4 is 0 Å². The molecule has 0 aromatic rings. The third-order valence-corrected chi connectivity index (χ3v) is 2.00. The zero-order valence-electron chi connectivity index (χ0n) is 8.30. The van der Waals surface area contributed by atoms with Gasteiger partial charge in [0, 0.05) is 5.92 Å².